The Morgan fingerprint density at radius 2 is 2.00 bits per heavy atom. The lowest BCUT2D eigenvalue weighted by Gasteiger charge is -2.17. The van der Waals surface area contributed by atoms with Gasteiger partial charge in [-0.2, -0.15) is 11.8 Å². The van der Waals surface area contributed by atoms with Crippen LogP contribution in [0.1, 0.15) is 12.0 Å². The molecule has 0 fully saturated rings. The van der Waals surface area contributed by atoms with Crippen molar-refractivity contribution in [2.45, 2.75) is 25.3 Å². The van der Waals surface area contributed by atoms with Gasteiger partial charge in [0, 0.05) is 0 Å². The molecule has 0 aliphatic carbocycles. The van der Waals surface area contributed by atoms with Crippen molar-refractivity contribution in [2.75, 3.05) is 12.0 Å². The fourth-order valence-electron chi connectivity index (χ4n) is 2.80. The van der Waals surface area contributed by atoms with Gasteiger partial charge in [0.1, 0.15) is 18.6 Å². The zero-order valence-electron chi connectivity index (χ0n) is 12.7. The minimum absolute atomic E-state index is 0.109. The van der Waals surface area contributed by atoms with E-state index in [2.05, 4.69) is 41.9 Å². The number of nitrogens with one attached hydrogen (secondary N) is 1. The average molecular weight is 315 g/mol. The summed E-state index contributed by atoms with van der Waals surface area (Å²) in [6.45, 7) is 0.525. The molecule has 3 nitrogen and oxygen atoms in total. The molecule has 0 saturated heterocycles. The fraction of sp³-hybridized carbons (Fsp3) is 0.333. The Bertz CT molecular complexity index is 666. The Morgan fingerprint density at radius 1 is 1.18 bits per heavy atom. The number of fused-ring (bicyclic) bond motifs is 1. The highest BCUT2D eigenvalue weighted by Crippen LogP contribution is 2.23. The second-order valence-electron chi connectivity index (χ2n) is 5.44. The number of hydrogen-bond acceptors (Lipinski definition) is 4. The Hall–Kier alpha value is -1.49. The molecule has 0 bridgehead atoms. The Balaban J connectivity index is 1.72. The SMILES string of the molecule is CSCC[C@@H]1NC(O)C=C1OCc1cccc2ccccc12. The van der Waals surface area contributed by atoms with Gasteiger partial charge in [0.2, 0.25) is 0 Å². The molecular formula is C18H21NO2S. The van der Waals surface area contributed by atoms with Crippen LogP contribution in [0.2, 0.25) is 0 Å². The monoisotopic (exact) mass is 315 g/mol. The molecule has 2 aromatic carbocycles. The van der Waals surface area contributed by atoms with Crippen LogP contribution in [0.15, 0.2) is 54.3 Å². The highest BCUT2D eigenvalue weighted by molar-refractivity contribution is 7.98. The van der Waals surface area contributed by atoms with E-state index < -0.39 is 6.23 Å². The van der Waals surface area contributed by atoms with Gasteiger partial charge in [0.25, 0.3) is 0 Å². The smallest absolute Gasteiger partial charge is 0.128 e. The summed E-state index contributed by atoms with van der Waals surface area (Å²) in [5, 5.41) is 15.3. The molecule has 116 valence electrons. The molecule has 2 atom stereocenters. The van der Waals surface area contributed by atoms with Crippen LogP contribution >= 0.6 is 11.8 Å². The molecule has 1 aliphatic heterocycles. The predicted octanol–water partition coefficient (Wildman–Crippen LogP) is 3.28. The van der Waals surface area contributed by atoms with Crippen LogP contribution < -0.4 is 5.32 Å². The average Bonchev–Trinajstić information content (AvgIpc) is 2.90. The molecule has 4 heteroatoms. The molecule has 0 aromatic heterocycles. The van der Waals surface area contributed by atoms with Gasteiger partial charge in [-0.1, -0.05) is 42.5 Å². The summed E-state index contributed by atoms with van der Waals surface area (Å²) in [5.74, 6) is 1.90. The van der Waals surface area contributed by atoms with E-state index in [0.717, 1.165) is 17.9 Å². The van der Waals surface area contributed by atoms with Crippen molar-refractivity contribution in [3.63, 3.8) is 0 Å². The van der Waals surface area contributed by atoms with Crippen molar-refractivity contribution in [3.8, 4) is 0 Å². The van der Waals surface area contributed by atoms with Gasteiger partial charge in [-0.25, -0.2) is 0 Å². The van der Waals surface area contributed by atoms with Crippen LogP contribution in [-0.4, -0.2) is 29.4 Å². The Labute approximate surface area is 135 Å². The first-order chi connectivity index (χ1) is 10.8. The molecular weight excluding hydrogens is 294 g/mol. The van der Waals surface area contributed by atoms with Crippen molar-refractivity contribution >= 4 is 22.5 Å². The lowest BCUT2D eigenvalue weighted by Crippen LogP contribution is -2.32. The summed E-state index contributed by atoms with van der Waals surface area (Å²) in [4.78, 5) is 0. The minimum Gasteiger partial charge on any atom is -0.492 e. The third kappa shape index (κ3) is 3.46. The molecule has 0 amide bonds. The highest BCUT2D eigenvalue weighted by atomic mass is 32.2. The normalized spacial score (nSPS) is 21.1. The molecule has 22 heavy (non-hydrogen) atoms. The van der Waals surface area contributed by atoms with Crippen LogP contribution in [0.4, 0.5) is 0 Å². The van der Waals surface area contributed by atoms with Crippen molar-refractivity contribution in [2.24, 2.45) is 0 Å². The van der Waals surface area contributed by atoms with Crippen LogP contribution in [0, 0.1) is 0 Å². The van der Waals surface area contributed by atoms with E-state index in [4.69, 9.17) is 4.74 Å². The van der Waals surface area contributed by atoms with E-state index in [1.54, 1.807) is 17.8 Å². The predicted molar refractivity (Wildman–Crippen MR) is 92.7 cm³/mol. The number of aliphatic hydroxyl groups is 1. The highest BCUT2D eigenvalue weighted by Gasteiger charge is 2.25. The van der Waals surface area contributed by atoms with Crippen molar-refractivity contribution in [1.82, 2.24) is 5.32 Å². The summed E-state index contributed by atoms with van der Waals surface area (Å²) in [7, 11) is 0. The van der Waals surface area contributed by atoms with Crippen LogP contribution in [0.25, 0.3) is 10.8 Å². The van der Waals surface area contributed by atoms with E-state index in [1.807, 2.05) is 12.1 Å². The number of benzene rings is 2. The maximum absolute atomic E-state index is 9.76. The van der Waals surface area contributed by atoms with E-state index in [-0.39, 0.29) is 6.04 Å². The summed E-state index contributed by atoms with van der Waals surface area (Å²) in [6.07, 6.45) is 4.22. The van der Waals surface area contributed by atoms with Crippen LogP contribution in [0.5, 0.6) is 0 Å². The topological polar surface area (TPSA) is 41.5 Å². The van der Waals surface area contributed by atoms with Gasteiger partial charge in [0.05, 0.1) is 6.04 Å². The largest absolute Gasteiger partial charge is 0.492 e. The van der Waals surface area contributed by atoms with Crippen LogP contribution in [0.3, 0.4) is 0 Å². The second-order valence-corrected chi connectivity index (χ2v) is 6.43. The zero-order valence-corrected chi connectivity index (χ0v) is 13.5. The van der Waals surface area contributed by atoms with Gasteiger partial charge >= 0.3 is 0 Å². The van der Waals surface area contributed by atoms with Crippen molar-refractivity contribution in [1.29, 1.82) is 0 Å². The summed E-state index contributed by atoms with van der Waals surface area (Å²) in [6, 6.07) is 14.7. The lowest BCUT2D eigenvalue weighted by atomic mass is 10.1. The first-order valence-corrected chi connectivity index (χ1v) is 8.91. The van der Waals surface area contributed by atoms with Crippen LogP contribution in [-0.2, 0) is 11.3 Å². The minimum atomic E-state index is -0.602. The maximum Gasteiger partial charge on any atom is 0.128 e. The number of aliphatic hydroxyl groups excluding tert-OH is 1. The van der Waals surface area contributed by atoms with Crippen molar-refractivity contribution in [3.05, 3.63) is 59.9 Å². The van der Waals surface area contributed by atoms with Crippen molar-refractivity contribution < 1.29 is 9.84 Å². The van der Waals surface area contributed by atoms with Gasteiger partial charge in [-0.05, 0) is 40.8 Å². The fourth-order valence-corrected chi connectivity index (χ4v) is 3.27. The van der Waals surface area contributed by atoms with Gasteiger partial charge in [-0.3, -0.25) is 5.32 Å². The third-order valence-electron chi connectivity index (χ3n) is 3.92. The quantitative estimate of drug-likeness (QED) is 0.858. The first-order valence-electron chi connectivity index (χ1n) is 7.52. The molecule has 1 unspecified atom stereocenters. The molecule has 0 spiro atoms. The molecule has 2 N–H and O–H groups in total. The maximum atomic E-state index is 9.76. The molecule has 1 aliphatic rings. The zero-order chi connectivity index (χ0) is 15.4. The Kier molecular flexibility index (Phi) is 5.03. The lowest BCUT2D eigenvalue weighted by molar-refractivity contribution is 0.167. The molecule has 2 aromatic rings. The summed E-state index contributed by atoms with van der Waals surface area (Å²) in [5.41, 5.74) is 1.17. The van der Waals surface area contributed by atoms with E-state index in [9.17, 15) is 5.11 Å². The molecule has 3 rings (SSSR count). The first kappa shape index (κ1) is 15.4. The number of ether oxygens (including phenoxy) is 1. The molecule has 1 heterocycles. The van der Waals surface area contributed by atoms with E-state index >= 15 is 0 Å². The van der Waals surface area contributed by atoms with Gasteiger partial charge in [-0.15, -0.1) is 0 Å². The Morgan fingerprint density at radius 3 is 2.86 bits per heavy atom. The van der Waals surface area contributed by atoms with E-state index in [1.165, 1.54) is 16.3 Å². The van der Waals surface area contributed by atoms with Gasteiger partial charge in [0.15, 0.2) is 0 Å². The standard InChI is InChI=1S/C18H21NO2S/c1-22-10-9-16-17(11-18(20)19-16)21-12-14-7-4-6-13-5-2-3-8-15(13)14/h2-8,11,16,18-20H,9-10,12H2,1H3/t16-,18?/m0/s1. The summed E-state index contributed by atoms with van der Waals surface area (Å²) < 4.78 is 6.01. The summed E-state index contributed by atoms with van der Waals surface area (Å²) >= 11 is 1.80. The molecule has 0 saturated carbocycles. The van der Waals surface area contributed by atoms with E-state index in [0.29, 0.717) is 6.61 Å². The molecule has 0 radical (unpaired) electrons. The second kappa shape index (κ2) is 7.18. The third-order valence-corrected chi connectivity index (χ3v) is 4.57. The van der Waals surface area contributed by atoms with Gasteiger partial charge < -0.3 is 9.84 Å². The number of hydrogen-bond donors (Lipinski definition) is 2. The number of thioether (sulfide) groups is 1. The number of rotatable bonds is 6.